The van der Waals surface area contributed by atoms with Crippen molar-refractivity contribution < 1.29 is 14.6 Å². The lowest BCUT2D eigenvalue weighted by Gasteiger charge is -2.09. The highest BCUT2D eigenvalue weighted by atomic mass is 16.5. The number of fused-ring (bicyclic) bond motifs is 2. The number of hydrogen-bond acceptors (Lipinski definition) is 3. The van der Waals surface area contributed by atoms with Crippen LogP contribution in [0, 0.1) is 0 Å². The summed E-state index contributed by atoms with van der Waals surface area (Å²) in [5.74, 6) is 0.416. The van der Waals surface area contributed by atoms with E-state index in [1.165, 1.54) is 0 Å². The van der Waals surface area contributed by atoms with Gasteiger partial charge >= 0.3 is 5.97 Å². The summed E-state index contributed by atoms with van der Waals surface area (Å²) in [6.45, 7) is 0.0667. The molecule has 1 aromatic heterocycles. The second-order valence-electron chi connectivity index (χ2n) is 5.79. The number of aliphatic carboxylic acids is 1. The molecule has 0 saturated carbocycles. The van der Waals surface area contributed by atoms with Crippen LogP contribution in [0.15, 0.2) is 66.7 Å². The number of nitrogens with zero attached hydrogens (tertiary/aromatic N) is 2. The van der Waals surface area contributed by atoms with Crippen LogP contribution in [0.25, 0.3) is 21.8 Å². The molecule has 0 amide bonds. The molecule has 0 saturated heterocycles. The Hall–Kier alpha value is -3.34. The fourth-order valence-electron chi connectivity index (χ4n) is 2.95. The molecule has 25 heavy (non-hydrogen) atoms. The van der Waals surface area contributed by atoms with Crippen LogP contribution in [0.5, 0.6) is 5.75 Å². The number of hydrogen-bond donors (Lipinski definition) is 1. The Morgan fingerprint density at radius 3 is 2.60 bits per heavy atom. The average molecular weight is 332 g/mol. The predicted molar refractivity (Wildman–Crippen MR) is 95.6 cm³/mol. The summed E-state index contributed by atoms with van der Waals surface area (Å²) in [6.07, 6.45) is 0. The topological polar surface area (TPSA) is 64.3 Å². The highest BCUT2D eigenvalue weighted by Crippen LogP contribution is 2.22. The molecule has 0 bridgehead atoms. The number of benzene rings is 3. The van der Waals surface area contributed by atoms with Gasteiger partial charge in [-0.1, -0.05) is 42.5 Å². The third-order valence-electron chi connectivity index (χ3n) is 4.12. The number of rotatable bonds is 5. The molecule has 3 aromatic carbocycles. The van der Waals surface area contributed by atoms with E-state index in [0.29, 0.717) is 5.82 Å². The van der Waals surface area contributed by atoms with Gasteiger partial charge in [-0.3, -0.25) is 4.79 Å². The van der Waals surface area contributed by atoms with Gasteiger partial charge in [-0.15, -0.1) is 0 Å². The highest BCUT2D eigenvalue weighted by Gasteiger charge is 2.13. The number of carbonyl (C=O) groups is 1. The Labute approximate surface area is 144 Å². The van der Waals surface area contributed by atoms with E-state index in [1.807, 2.05) is 66.7 Å². The van der Waals surface area contributed by atoms with Gasteiger partial charge in [0.05, 0.1) is 11.0 Å². The third-order valence-corrected chi connectivity index (χ3v) is 4.12. The largest absolute Gasteiger partial charge is 0.486 e. The van der Waals surface area contributed by atoms with Crippen molar-refractivity contribution in [3.8, 4) is 5.75 Å². The van der Waals surface area contributed by atoms with Crippen LogP contribution < -0.4 is 4.74 Å². The first kappa shape index (κ1) is 15.2. The second kappa shape index (κ2) is 6.28. The number of imidazole rings is 1. The van der Waals surface area contributed by atoms with E-state index in [9.17, 15) is 9.90 Å². The monoisotopic (exact) mass is 332 g/mol. The molecular formula is C20H16N2O3. The molecule has 5 heteroatoms. The first-order chi connectivity index (χ1) is 12.2. The van der Waals surface area contributed by atoms with Crippen molar-refractivity contribution in [1.29, 1.82) is 0 Å². The Balaban J connectivity index is 1.64. The van der Waals surface area contributed by atoms with E-state index in [2.05, 4.69) is 4.98 Å². The molecule has 0 atom stereocenters. The maximum atomic E-state index is 11.2. The number of carboxylic acid groups (broad SMARTS) is 1. The van der Waals surface area contributed by atoms with Crippen LogP contribution in [0.4, 0.5) is 0 Å². The Bertz CT molecular complexity index is 1070. The molecule has 4 rings (SSSR count). The van der Waals surface area contributed by atoms with Crippen molar-refractivity contribution in [3.63, 3.8) is 0 Å². The molecule has 0 radical (unpaired) electrons. The second-order valence-corrected chi connectivity index (χ2v) is 5.79. The zero-order valence-electron chi connectivity index (χ0n) is 13.4. The van der Waals surface area contributed by atoms with Gasteiger partial charge in [0.2, 0.25) is 0 Å². The van der Waals surface area contributed by atoms with Gasteiger partial charge in [0.15, 0.2) is 0 Å². The van der Waals surface area contributed by atoms with E-state index in [-0.39, 0.29) is 13.2 Å². The maximum Gasteiger partial charge on any atom is 0.323 e. The molecule has 1 heterocycles. The molecule has 1 N–H and O–H groups in total. The van der Waals surface area contributed by atoms with Crippen molar-refractivity contribution in [2.75, 3.05) is 0 Å². The van der Waals surface area contributed by atoms with E-state index in [1.54, 1.807) is 4.57 Å². The molecule has 0 aliphatic rings. The highest BCUT2D eigenvalue weighted by molar-refractivity contribution is 5.83. The van der Waals surface area contributed by atoms with Gasteiger partial charge in [0.25, 0.3) is 0 Å². The quantitative estimate of drug-likeness (QED) is 0.603. The minimum absolute atomic E-state index is 0.142. The summed E-state index contributed by atoms with van der Waals surface area (Å²) in [7, 11) is 0. The summed E-state index contributed by atoms with van der Waals surface area (Å²) in [5, 5.41) is 11.4. The van der Waals surface area contributed by atoms with Crippen LogP contribution in [0.1, 0.15) is 5.82 Å². The fraction of sp³-hybridized carbons (Fsp3) is 0.100. The van der Waals surface area contributed by atoms with Gasteiger partial charge in [-0.05, 0) is 35.0 Å². The minimum Gasteiger partial charge on any atom is -0.486 e. The van der Waals surface area contributed by atoms with Gasteiger partial charge in [-0.2, -0.15) is 0 Å². The Morgan fingerprint density at radius 1 is 1.00 bits per heavy atom. The third kappa shape index (κ3) is 3.04. The van der Waals surface area contributed by atoms with Crippen LogP contribution in [0.2, 0.25) is 0 Å². The molecule has 4 aromatic rings. The number of carboxylic acids is 1. The van der Waals surface area contributed by atoms with Gasteiger partial charge in [0, 0.05) is 0 Å². The SMILES string of the molecule is O=C(O)Cn1c(COc2ccc3ccccc3c2)nc2ccccc21. The van der Waals surface area contributed by atoms with Gasteiger partial charge < -0.3 is 14.4 Å². The van der Waals surface area contributed by atoms with Crippen molar-refractivity contribution in [2.45, 2.75) is 13.2 Å². The van der Waals surface area contributed by atoms with Crippen molar-refractivity contribution in [2.24, 2.45) is 0 Å². The van der Waals surface area contributed by atoms with Crippen LogP contribution >= 0.6 is 0 Å². The van der Waals surface area contributed by atoms with E-state index >= 15 is 0 Å². The summed E-state index contributed by atoms with van der Waals surface area (Å²) in [5.41, 5.74) is 1.56. The molecule has 0 fully saturated rings. The summed E-state index contributed by atoms with van der Waals surface area (Å²) >= 11 is 0. The zero-order valence-corrected chi connectivity index (χ0v) is 13.4. The lowest BCUT2D eigenvalue weighted by Crippen LogP contribution is -2.13. The first-order valence-electron chi connectivity index (χ1n) is 7.98. The molecule has 5 nitrogen and oxygen atoms in total. The van der Waals surface area contributed by atoms with Gasteiger partial charge in [-0.25, -0.2) is 4.98 Å². The van der Waals surface area contributed by atoms with Crippen LogP contribution in [-0.2, 0) is 17.9 Å². The fourth-order valence-corrected chi connectivity index (χ4v) is 2.95. The lowest BCUT2D eigenvalue weighted by molar-refractivity contribution is -0.137. The minimum atomic E-state index is -0.907. The van der Waals surface area contributed by atoms with E-state index in [0.717, 1.165) is 27.6 Å². The lowest BCUT2D eigenvalue weighted by atomic mass is 10.1. The van der Waals surface area contributed by atoms with Crippen LogP contribution in [-0.4, -0.2) is 20.6 Å². The summed E-state index contributed by atoms with van der Waals surface area (Å²) < 4.78 is 7.55. The van der Waals surface area contributed by atoms with E-state index in [4.69, 9.17) is 4.74 Å². The standard InChI is InChI=1S/C20H16N2O3/c23-20(24)12-22-18-8-4-3-7-17(18)21-19(22)13-25-16-10-9-14-5-1-2-6-15(14)11-16/h1-11H,12-13H2,(H,23,24). The predicted octanol–water partition coefficient (Wildman–Crippen LogP) is 3.85. The molecule has 0 unspecified atom stereocenters. The van der Waals surface area contributed by atoms with Crippen molar-refractivity contribution in [3.05, 3.63) is 72.6 Å². The summed E-state index contributed by atoms with van der Waals surface area (Å²) in [6, 6.07) is 21.4. The van der Waals surface area contributed by atoms with Crippen molar-refractivity contribution >= 4 is 27.8 Å². The average Bonchev–Trinajstić information content (AvgIpc) is 2.97. The smallest absolute Gasteiger partial charge is 0.323 e. The maximum absolute atomic E-state index is 11.2. The number of ether oxygens (including phenoxy) is 1. The Morgan fingerprint density at radius 2 is 1.76 bits per heavy atom. The zero-order chi connectivity index (χ0) is 17.2. The molecule has 124 valence electrons. The molecule has 0 aliphatic heterocycles. The normalized spacial score (nSPS) is 11.0. The number of aromatic nitrogens is 2. The van der Waals surface area contributed by atoms with Gasteiger partial charge in [0.1, 0.15) is 24.7 Å². The van der Waals surface area contributed by atoms with E-state index < -0.39 is 5.97 Å². The first-order valence-corrected chi connectivity index (χ1v) is 7.98. The molecular weight excluding hydrogens is 316 g/mol. The van der Waals surface area contributed by atoms with Crippen LogP contribution in [0.3, 0.4) is 0 Å². The number of para-hydroxylation sites is 2. The Kier molecular flexibility index (Phi) is 3.82. The summed E-state index contributed by atoms with van der Waals surface area (Å²) in [4.78, 5) is 15.7. The molecule has 0 aliphatic carbocycles. The molecule has 0 spiro atoms. The van der Waals surface area contributed by atoms with Crippen molar-refractivity contribution in [1.82, 2.24) is 9.55 Å².